The molecule has 1 unspecified atom stereocenters. The molecule has 0 bridgehead atoms. The van der Waals surface area contributed by atoms with Crippen molar-refractivity contribution in [2.45, 2.75) is 33.4 Å². The highest BCUT2D eigenvalue weighted by Gasteiger charge is 2.30. The lowest BCUT2D eigenvalue weighted by atomic mass is 9.98. The molecule has 1 heterocycles. The molecule has 0 saturated carbocycles. The molecule has 0 aromatic heterocycles. The van der Waals surface area contributed by atoms with Gasteiger partial charge in [-0.15, -0.1) is 0 Å². The van der Waals surface area contributed by atoms with E-state index in [0.717, 1.165) is 36.4 Å². The Morgan fingerprint density at radius 2 is 1.83 bits per heavy atom. The fourth-order valence-electron chi connectivity index (χ4n) is 3.24. The maximum absolute atomic E-state index is 6.41. The Labute approximate surface area is 148 Å². The maximum atomic E-state index is 6.41. The number of likely N-dealkylation sites (N-methyl/N-ethyl adjacent to an activating group) is 1. The first-order valence-corrected chi connectivity index (χ1v) is 8.78. The van der Waals surface area contributed by atoms with Gasteiger partial charge < -0.3 is 4.74 Å². The number of fused-ring (bicyclic) bond motifs is 1. The van der Waals surface area contributed by atoms with Gasteiger partial charge in [0.05, 0.1) is 0 Å². The van der Waals surface area contributed by atoms with Crippen LogP contribution in [0.1, 0.15) is 25.0 Å². The summed E-state index contributed by atoms with van der Waals surface area (Å²) in [5.41, 5.74) is 4.41. The summed E-state index contributed by atoms with van der Waals surface area (Å²) in [6.07, 6.45) is 1.00. The van der Waals surface area contributed by atoms with Crippen LogP contribution in [0, 0.1) is 6.92 Å². The molecule has 0 spiro atoms. The van der Waals surface area contributed by atoms with Crippen molar-refractivity contribution in [3.05, 3.63) is 51.5 Å². The number of hydrogen-bond donors (Lipinski definition) is 0. The van der Waals surface area contributed by atoms with Crippen LogP contribution in [0.25, 0.3) is 11.1 Å². The van der Waals surface area contributed by atoms with Gasteiger partial charge in [-0.25, -0.2) is 0 Å². The highest BCUT2D eigenvalue weighted by molar-refractivity contribution is 6.35. The first kappa shape index (κ1) is 16.6. The van der Waals surface area contributed by atoms with Gasteiger partial charge in [-0.2, -0.15) is 0 Å². The van der Waals surface area contributed by atoms with Crippen LogP contribution in [0.4, 0.5) is 0 Å². The zero-order chi connectivity index (χ0) is 16.6. The van der Waals surface area contributed by atoms with E-state index in [1.165, 1.54) is 11.1 Å². The molecule has 0 aliphatic carbocycles. The smallest absolute Gasteiger partial charge is 0.156 e. The molecule has 1 atom stereocenters. The van der Waals surface area contributed by atoms with Gasteiger partial charge in [0.1, 0.15) is 5.75 Å². The Kier molecular flexibility index (Phi) is 4.86. The van der Waals surface area contributed by atoms with E-state index in [2.05, 4.69) is 37.8 Å². The van der Waals surface area contributed by atoms with Crippen LogP contribution in [0.2, 0.25) is 10.0 Å². The zero-order valence-electron chi connectivity index (χ0n) is 13.7. The third kappa shape index (κ3) is 3.21. The van der Waals surface area contributed by atoms with Crippen molar-refractivity contribution in [1.82, 2.24) is 4.90 Å². The Bertz CT molecular complexity index is 726. The minimum absolute atomic E-state index is 0.0958. The van der Waals surface area contributed by atoms with E-state index in [9.17, 15) is 0 Å². The van der Waals surface area contributed by atoms with Crippen LogP contribution in [-0.4, -0.2) is 24.2 Å². The largest absolute Gasteiger partial charge is 0.474 e. The summed E-state index contributed by atoms with van der Waals surface area (Å²) in [5, 5.41) is 1.37. The van der Waals surface area contributed by atoms with Crippen molar-refractivity contribution in [2.24, 2.45) is 0 Å². The Morgan fingerprint density at radius 1 is 1.09 bits per heavy atom. The monoisotopic (exact) mass is 349 g/mol. The number of rotatable bonds is 4. The van der Waals surface area contributed by atoms with Gasteiger partial charge in [0.15, 0.2) is 6.23 Å². The van der Waals surface area contributed by atoms with Gasteiger partial charge >= 0.3 is 0 Å². The average molecular weight is 350 g/mol. The highest BCUT2D eigenvalue weighted by Crippen LogP contribution is 2.43. The summed E-state index contributed by atoms with van der Waals surface area (Å²) in [7, 11) is 0. The molecule has 4 heteroatoms. The third-order valence-corrected chi connectivity index (χ3v) is 4.96. The van der Waals surface area contributed by atoms with Gasteiger partial charge in [-0.1, -0.05) is 43.1 Å². The van der Waals surface area contributed by atoms with Gasteiger partial charge in [0.2, 0.25) is 0 Å². The van der Waals surface area contributed by atoms with Crippen LogP contribution in [0.5, 0.6) is 5.75 Å². The summed E-state index contributed by atoms with van der Waals surface area (Å²) in [6.45, 7) is 8.38. The van der Waals surface area contributed by atoms with Crippen molar-refractivity contribution >= 4 is 23.2 Å². The summed E-state index contributed by atoms with van der Waals surface area (Å²) in [5.74, 6) is 0.941. The molecule has 2 nitrogen and oxygen atoms in total. The number of nitrogens with zero attached hydrogens (tertiary/aromatic N) is 1. The number of halogens is 2. The molecular formula is C19H21Cl2NO. The molecule has 3 rings (SSSR count). The molecule has 1 aliphatic rings. The predicted octanol–water partition coefficient (Wildman–Crippen LogP) is 5.57. The minimum Gasteiger partial charge on any atom is -0.474 e. The first-order chi connectivity index (χ1) is 11.0. The average Bonchev–Trinajstić information content (AvgIpc) is 2.93. The first-order valence-electron chi connectivity index (χ1n) is 8.03. The van der Waals surface area contributed by atoms with E-state index < -0.39 is 0 Å². The Balaban J connectivity index is 2.07. The van der Waals surface area contributed by atoms with Crippen LogP contribution in [0.3, 0.4) is 0 Å². The second-order valence-electron chi connectivity index (χ2n) is 5.92. The van der Waals surface area contributed by atoms with Crippen LogP contribution < -0.4 is 4.74 Å². The molecule has 0 N–H and O–H groups in total. The lowest BCUT2D eigenvalue weighted by Gasteiger charge is -2.25. The van der Waals surface area contributed by atoms with Crippen molar-refractivity contribution in [1.29, 1.82) is 0 Å². The second kappa shape index (κ2) is 6.72. The van der Waals surface area contributed by atoms with E-state index >= 15 is 0 Å². The highest BCUT2D eigenvalue weighted by atomic mass is 35.5. The molecule has 2 aromatic rings. The summed E-state index contributed by atoms with van der Waals surface area (Å²) in [4.78, 5) is 2.33. The molecule has 0 amide bonds. The summed E-state index contributed by atoms with van der Waals surface area (Å²) in [6, 6.07) is 9.89. The van der Waals surface area contributed by atoms with Crippen molar-refractivity contribution < 1.29 is 4.74 Å². The topological polar surface area (TPSA) is 12.5 Å². The van der Waals surface area contributed by atoms with E-state index in [0.29, 0.717) is 10.0 Å². The molecule has 0 radical (unpaired) electrons. The Morgan fingerprint density at radius 3 is 2.52 bits per heavy atom. The summed E-state index contributed by atoms with van der Waals surface area (Å²) >= 11 is 12.6. The standard InChI is InChI=1S/C19H21Cl2NO/c1-4-22(5-2)18-10-13-8-12(3)9-16(19(13)23-18)15-11-14(20)6-7-17(15)21/h6-9,11,18H,4-5,10H2,1-3H3. The van der Waals surface area contributed by atoms with Crippen LogP contribution >= 0.6 is 23.2 Å². The van der Waals surface area contributed by atoms with Crippen molar-refractivity contribution in [3.63, 3.8) is 0 Å². The molecule has 0 saturated heterocycles. The third-order valence-electron chi connectivity index (χ3n) is 4.40. The number of aryl methyl sites for hydroxylation is 1. The normalized spacial score (nSPS) is 16.5. The second-order valence-corrected chi connectivity index (χ2v) is 6.77. The predicted molar refractivity (Wildman–Crippen MR) is 97.7 cm³/mol. The number of ether oxygens (including phenoxy) is 1. The van der Waals surface area contributed by atoms with E-state index in [1.54, 1.807) is 0 Å². The fraction of sp³-hybridized carbons (Fsp3) is 0.368. The van der Waals surface area contributed by atoms with E-state index in [4.69, 9.17) is 27.9 Å². The van der Waals surface area contributed by atoms with E-state index in [1.807, 2.05) is 18.2 Å². The van der Waals surface area contributed by atoms with Gasteiger partial charge in [0.25, 0.3) is 0 Å². The summed E-state index contributed by atoms with van der Waals surface area (Å²) < 4.78 is 6.31. The quantitative estimate of drug-likeness (QED) is 0.715. The lowest BCUT2D eigenvalue weighted by molar-refractivity contribution is 0.0518. The molecule has 2 aromatic carbocycles. The van der Waals surface area contributed by atoms with E-state index in [-0.39, 0.29) is 6.23 Å². The molecular weight excluding hydrogens is 329 g/mol. The molecule has 23 heavy (non-hydrogen) atoms. The van der Waals surface area contributed by atoms with Crippen molar-refractivity contribution in [3.8, 4) is 16.9 Å². The van der Waals surface area contributed by atoms with Crippen LogP contribution in [0.15, 0.2) is 30.3 Å². The fourth-order valence-corrected chi connectivity index (χ4v) is 3.63. The zero-order valence-corrected chi connectivity index (χ0v) is 15.2. The molecule has 1 aliphatic heterocycles. The SMILES string of the molecule is CCN(CC)C1Cc2cc(C)cc(-c3cc(Cl)ccc3Cl)c2O1. The van der Waals surface area contributed by atoms with Gasteiger partial charge in [-0.3, -0.25) is 4.90 Å². The Hall–Kier alpha value is -1.22. The minimum atomic E-state index is 0.0958. The molecule has 122 valence electrons. The van der Waals surface area contributed by atoms with Gasteiger partial charge in [-0.05, 0) is 49.8 Å². The maximum Gasteiger partial charge on any atom is 0.156 e. The number of hydrogen-bond acceptors (Lipinski definition) is 2. The lowest BCUT2D eigenvalue weighted by Crippen LogP contribution is -2.38. The van der Waals surface area contributed by atoms with Gasteiger partial charge in [0, 0.05) is 33.2 Å². The van der Waals surface area contributed by atoms with Crippen LogP contribution in [-0.2, 0) is 6.42 Å². The molecule has 0 fully saturated rings. The number of benzene rings is 2. The van der Waals surface area contributed by atoms with Crippen molar-refractivity contribution in [2.75, 3.05) is 13.1 Å².